The Morgan fingerprint density at radius 3 is 2.65 bits per heavy atom. The van der Waals surface area contributed by atoms with Crippen LogP contribution in [0.5, 0.6) is 0 Å². The number of rotatable bonds is 4. The minimum atomic E-state index is -0.725. The summed E-state index contributed by atoms with van der Waals surface area (Å²) in [4.78, 5) is 11.4. The van der Waals surface area contributed by atoms with Crippen LogP contribution in [0.1, 0.15) is 24.5 Å². The van der Waals surface area contributed by atoms with Gasteiger partial charge in [-0.05, 0) is 18.9 Å². The van der Waals surface area contributed by atoms with Gasteiger partial charge in [-0.25, -0.2) is 0 Å². The average Bonchev–Trinajstić information content (AvgIpc) is 2.22. The van der Waals surface area contributed by atoms with E-state index in [1.54, 1.807) is 0 Å². The summed E-state index contributed by atoms with van der Waals surface area (Å²) in [5.41, 5.74) is 1.93. The fourth-order valence-electron chi connectivity index (χ4n) is 2.65. The fourth-order valence-corrected chi connectivity index (χ4v) is 2.65. The first-order chi connectivity index (χ1) is 8.10. The molecule has 1 aromatic rings. The molecule has 3 heteroatoms. The lowest BCUT2D eigenvalue weighted by atomic mass is 9.67. The first-order valence-electron chi connectivity index (χ1n) is 5.98. The molecule has 1 aliphatic heterocycles. The van der Waals surface area contributed by atoms with Gasteiger partial charge in [-0.2, -0.15) is 0 Å². The van der Waals surface area contributed by atoms with E-state index in [-0.39, 0.29) is 11.3 Å². The van der Waals surface area contributed by atoms with Gasteiger partial charge in [0.15, 0.2) is 0 Å². The Bertz CT molecular complexity index is 421. The van der Waals surface area contributed by atoms with Crippen LogP contribution in [-0.4, -0.2) is 24.3 Å². The maximum absolute atomic E-state index is 11.4. The standard InChI is InChI=1S/C14H18O3/c1-3-12(13(15)16)14(8-17-9-14)11-6-4-5-10(2)7-11/h4-7,12H,3,8-9H2,1-2H3,(H,15,16). The Morgan fingerprint density at radius 1 is 1.53 bits per heavy atom. The summed E-state index contributed by atoms with van der Waals surface area (Å²) >= 11 is 0. The maximum Gasteiger partial charge on any atom is 0.307 e. The quantitative estimate of drug-likeness (QED) is 0.870. The van der Waals surface area contributed by atoms with Crippen LogP contribution in [0, 0.1) is 12.8 Å². The highest BCUT2D eigenvalue weighted by molar-refractivity contribution is 5.73. The second kappa shape index (κ2) is 4.49. The van der Waals surface area contributed by atoms with Gasteiger partial charge in [0.05, 0.1) is 24.5 Å². The summed E-state index contributed by atoms with van der Waals surface area (Å²) in [6.07, 6.45) is 0.632. The number of carboxylic acid groups (broad SMARTS) is 1. The molecule has 17 heavy (non-hydrogen) atoms. The van der Waals surface area contributed by atoms with Crippen LogP contribution in [0.25, 0.3) is 0 Å². The van der Waals surface area contributed by atoms with Crippen LogP contribution in [0.2, 0.25) is 0 Å². The number of aryl methyl sites for hydroxylation is 1. The van der Waals surface area contributed by atoms with Crippen LogP contribution in [-0.2, 0) is 14.9 Å². The molecule has 0 amide bonds. The highest BCUT2D eigenvalue weighted by Crippen LogP contribution is 2.41. The number of carbonyl (C=O) groups is 1. The average molecular weight is 234 g/mol. The van der Waals surface area contributed by atoms with Crippen LogP contribution in [0.4, 0.5) is 0 Å². The monoisotopic (exact) mass is 234 g/mol. The molecule has 0 aliphatic carbocycles. The lowest BCUT2D eigenvalue weighted by Crippen LogP contribution is -2.54. The van der Waals surface area contributed by atoms with Crippen molar-refractivity contribution < 1.29 is 14.6 Å². The number of benzene rings is 1. The van der Waals surface area contributed by atoms with Crippen molar-refractivity contribution in [2.24, 2.45) is 5.92 Å². The second-order valence-electron chi connectivity index (χ2n) is 4.82. The van der Waals surface area contributed by atoms with Gasteiger partial charge in [0, 0.05) is 0 Å². The molecule has 1 fully saturated rings. The van der Waals surface area contributed by atoms with Crippen molar-refractivity contribution in [2.45, 2.75) is 25.7 Å². The van der Waals surface area contributed by atoms with Crippen LogP contribution in [0.15, 0.2) is 24.3 Å². The van der Waals surface area contributed by atoms with E-state index in [0.717, 1.165) is 11.1 Å². The van der Waals surface area contributed by atoms with E-state index < -0.39 is 5.97 Å². The predicted octanol–water partition coefficient (Wildman–Crippen LogP) is 2.37. The van der Waals surface area contributed by atoms with Gasteiger partial charge in [-0.1, -0.05) is 36.8 Å². The van der Waals surface area contributed by atoms with Crippen LogP contribution >= 0.6 is 0 Å². The first-order valence-corrected chi connectivity index (χ1v) is 5.98. The molecule has 0 saturated carbocycles. The van der Waals surface area contributed by atoms with E-state index in [1.807, 2.05) is 32.0 Å². The largest absolute Gasteiger partial charge is 0.481 e. The van der Waals surface area contributed by atoms with E-state index in [9.17, 15) is 9.90 Å². The summed E-state index contributed by atoms with van der Waals surface area (Å²) in [5.74, 6) is -1.09. The number of hydrogen-bond donors (Lipinski definition) is 1. The van der Waals surface area contributed by atoms with E-state index in [2.05, 4.69) is 6.07 Å². The Morgan fingerprint density at radius 2 is 2.24 bits per heavy atom. The number of aliphatic carboxylic acids is 1. The Kier molecular flexibility index (Phi) is 3.20. The summed E-state index contributed by atoms with van der Waals surface area (Å²) in [6, 6.07) is 8.10. The smallest absolute Gasteiger partial charge is 0.307 e. The summed E-state index contributed by atoms with van der Waals surface area (Å²) < 4.78 is 5.30. The predicted molar refractivity (Wildman–Crippen MR) is 65.1 cm³/mol. The molecule has 1 heterocycles. The number of hydrogen-bond acceptors (Lipinski definition) is 2. The molecular weight excluding hydrogens is 216 g/mol. The third-order valence-corrected chi connectivity index (χ3v) is 3.69. The zero-order chi connectivity index (χ0) is 12.5. The lowest BCUT2D eigenvalue weighted by Gasteiger charge is -2.45. The molecule has 1 atom stereocenters. The van der Waals surface area contributed by atoms with Crippen LogP contribution < -0.4 is 0 Å². The number of ether oxygens (including phenoxy) is 1. The molecule has 92 valence electrons. The Hall–Kier alpha value is -1.35. The molecule has 1 aromatic carbocycles. The Labute approximate surface area is 101 Å². The summed E-state index contributed by atoms with van der Waals surface area (Å²) in [5, 5.41) is 9.35. The third-order valence-electron chi connectivity index (χ3n) is 3.69. The molecule has 0 aromatic heterocycles. The van der Waals surface area contributed by atoms with Crippen molar-refractivity contribution in [3.05, 3.63) is 35.4 Å². The normalized spacial score (nSPS) is 19.4. The summed E-state index contributed by atoms with van der Waals surface area (Å²) in [7, 11) is 0. The van der Waals surface area contributed by atoms with Gasteiger partial charge in [-0.3, -0.25) is 4.79 Å². The molecule has 3 nitrogen and oxygen atoms in total. The molecule has 0 radical (unpaired) electrons. The van der Waals surface area contributed by atoms with Crippen LogP contribution in [0.3, 0.4) is 0 Å². The highest BCUT2D eigenvalue weighted by atomic mass is 16.5. The molecule has 1 aliphatic rings. The summed E-state index contributed by atoms with van der Waals surface area (Å²) in [6.45, 7) is 4.98. The van der Waals surface area contributed by atoms with Gasteiger partial charge in [0.2, 0.25) is 0 Å². The topological polar surface area (TPSA) is 46.5 Å². The lowest BCUT2D eigenvalue weighted by molar-refractivity contribution is -0.157. The minimum absolute atomic E-state index is 0.327. The molecule has 0 spiro atoms. The van der Waals surface area contributed by atoms with E-state index in [4.69, 9.17) is 4.74 Å². The second-order valence-corrected chi connectivity index (χ2v) is 4.82. The van der Waals surface area contributed by atoms with Gasteiger partial charge in [0.1, 0.15) is 0 Å². The maximum atomic E-state index is 11.4. The molecule has 2 rings (SSSR count). The molecular formula is C14H18O3. The molecule has 1 N–H and O–H groups in total. The van der Waals surface area contributed by atoms with E-state index >= 15 is 0 Å². The van der Waals surface area contributed by atoms with Crippen molar-refractivity contribution in [1.82, 2.24) is 0 Å². The van der Waals surface area contributed by atoms with Crippen molar-refractivity contribution >= 4 is 5.97 Å². The van der Waals surface area contributed by atoms with Crippen molar-refractivity contribution in [2.75, 3.05) is 13.2 Å². The Balaban J connectivity index is 2.40. The van der Waals surface area contributed by atoms with E-state index in [1.165, 1.54) is 0 Å². The minimum Gasteiger partial charge on any atom is -0.481 e. The fraction of sp³-hybridized carbons (Fsp3) is 0.500. The third kappa shape index (κ3) is 1.95. The molecule has 1 saturated heterocycles. The van der Waals surface area contributed by atoms with E-state index in [0.29, 0.717) is 19.6 Å². The molecule has 0 bridgehead atoms. The highest BCUT2D eigenvalue weighted by Gasteiger charge is 2.49. The van der Waals surface area contributed by atoms with Gasteiger partial charge in [-0.15, -0.1) is 0 Å². The van der Waals surface area contributed by atoms with Crippen molar-refractivity contribution in [1.29, 1.82) is 0 Å². The first kappa shape index (κ1) is 12.1. The van der Waals surface area contributed by atoms with Gasteiger partial charge >= 0.3 is 5.97 Å². The number of carboxylic acids is 1. The van der Waals surface area contributed by atoms with Crippen molar-refractivity contribution in [3.8, 4) is 0 Å². The SMILES string of the molecule is CCC(C(=O)O)C1(c2cccc(C)c2)COC1. The molecule has 1 unspecified atom stereocenters. The van der Waals surface area contributed by atoms with Crippen molar-refractivity contribution in [3.63, 3.8) is 0 Å². The van der Waals surface area contributed by atoms with Gasteiger partial charge < -0.3 is 9.84 Å². The zero-order valence-electron chi connectivity index (χ0n) is 10.3. The zero-order valence-corrected chi connectivity index (χ0v) is 10.3. The van der Waals surface area contributed by atoms with Gasteiger partial charge in [0.25, 0.3) is 0 Å².